The van der Waals surface area contributed by atoms with Gasteiger partial charge in [-0.2, -0.15) is 0 Å². The molecule has 1 atom stereocenters. The van der Waals surface area contributed by atoms with Crippen LogP contribution in [0.2, 0.25) is 0 Å². The molecule has 0 heterocycles. The van der Waals surface area contributed by atoms with Crippen LogP contribution in [0, 0.1) is 0 Å². The molecule has 0 amide bonds. The molecule has 0 radical (unpaired) electrons. The predicted octanol–water partition coefficient (Wildman–Crippen LogP) is 1.59. The molecule has 0 bridgehead atoms. The van der Waals surface area contributed by atoms with Gasteiger partial charge in [0.25, 0.3) is 0 Å². The van der Waals surface area contributed by atoms with E-state index in [4.69, 9.17) is 14.6 Å². The van der Waals surface area contributed by atoms with Gasteiger partial charge in [-0.3, -0.25) is 4.79 Å². The molecule has 5 heteroatoms. The summed E-state index contributed by atoms with van der Waals surface area (Å²) in [5, 5.41) is 11.6. The van der Waals surface area contributed by atoms with Gasteiger partial charge in [-0.15, -0.1) is 0 Å². The fourth-order valence-corrected chi connectivity index (χ4v) is 1.21. The molecule has 5 nitrogen and oxygen atoms in total. The van der Waals surface area contributed by atoms with Crippen LogP contribution in [-0.4, -0.2) is 31.3 Å². The highest BCUT2D eigenvalue weighted by atomic mass is 16.5. The number of carboxylic acid groups (broad SMARTS) is 1. The minimum atomic E-state index is -0.919. The number of benzene rings is 1. The van der Waals surface area contributed by atoms with Crippen molar-refractivity contribution in [3.8, 4) is 11.5 Å². The molecule has 2 N–H and O–H groups in total. The van der Waals surface area contributed by atoms with Crippen molar-refractivity contribution < 1.29 is 19.4 Å². The smallest absolute Gasteiger partial charge is 0.325 e. The van der Waals surface area contributed by atoms with Crippen LogP contribution in [0.3, 0.4) is 0 Å². The van der Waals surface area contributed by atoms with E-state index in [1.807, 2.05) is 0 Å². The van der Waals surface area contributed by atoms with Gasteiger partial charge in [0.05, 0.1) is 19.9 Å². The predicted molar refractivity (Wildman–Crippen MR) is 60.3 cm³/mol. The van der Waals surface area contributed by atoms with Gasteiger partial charge < -0.3 is 19.9 Å². The number of hydrogen-bond donors (Lipinski definition) is 2. The van der Waals surface area contributed by atoms with E-state index in [9.17, 15) is 4.79 Å². The number of aliphatic carboxylic acids is 1. The molecule has 0 aliphatic rings. The Morgan fingerprint density at radius 3 is 2.56 bits per heavy atom. The van der Waals surface area contributed by atoms with E-state index in [-0.39, 0.29) is 0 Å². The summed E-state index contributed by atoms with van der Waals surface area (Å²) in [6.07, 6.45) is 0. The first-order chi connectivity index (χ1) is 7.58. The third-order valence-electron chi connectivity index (χ3n) is 2.15. The molecule has 1 rings (SSSR count). The zero-order valence-electron chi connectivity index (χ0n) is 9.48. The third-order valence-corrected chi connectivity index (χ3v) is 2.15. The van der Waals surface area contributed by atoms with Crippen molar-refractivity contribution in [2.24, 2.45) is 0 Å². The van der Waals surface area contributed by atoms with E-state index >= 15 is 0 Å². The first kappa shape index (κ1) is 12.2. The summed E-state index contributed by atoms with van der Waals surface area (Å²) in [6.45, 7) is 1.56. The maximum Gasteiger partial charge on any atom is 0.325 e. The van der Waals surface area contributed by atoms with Crippen molar-refractivity contribution in [3.05, 3.63) is 18.2 Å². The van der Waals surface area contributed by atoms with Crippen LogP contribution >= 0.6 is 0 Å². The number of ether oxygens (including phenoxy) is 2. The Hall–Kier alpha value is -1.91. The monoisotopic (exact) mass is 225 g/mol. The summed E-state index contributed by atoms with van der Waals surface area (Å²) in [7, 11) is 3.08. The lowest BCUT2D eigenvalue weighted by Crippen LogP contribution is -2.25. The molecular weight excluding hydrogens is 210 g/mol. The van der Waals surface area contributed by atoms with E-state index < -0.39 is 12.0 Å². The summed E-state index contributed by atoms with van der Waals surface area (Å²) >= 11 is 0. The molecule has 0 saturated carbocycles. The molecule has 0 aliphatic heterocycles. The fourth-order valence-electron chi connectivity index (χ4n) is 1.21. The van der Waals surface area contributed by atoms with Crippen molar-refractivity contribution in [2.75, 3.05) is 19.5 Å². The summed E-state index contributed by atoms with van der Waals surface area (Å²) in [5.41, 5.74) is 0.623. The highest BCUT2D eigenvalue weighted by Crippen LogP contribution is 2.29. The topological polar surface area (TPSA) is 67.8 Å². The van der Waals surface area contributed by atoms with Gasteiger partial charge >= 0.3 is 5.97 Å². The summed E-state index contributed by atoms with van der Waals surface area (Å²) < 4.78 is 10.2. The Balaban J connectivity index is 2.91. The summed E-state index contributed by atoms with van der Waals surface area (Å²) in [6, 6.07) is 4.47. The molecule has 88 valence electrons. The van der Waals surface area contributed by atoms with Crippen LogP contribution in [0.4, 0.5) is 5.69 Å². The van der Waals surface area contributed by atoms with E-state index in [1.54, 1.807) is 32.2 Å². The van der Waals surface area contributed by atoms with Crippen LogP contribution in [0.15, 0.2) is 18.2 Å². The summed E-state index contributed by atoms with van der Waals surface area (Å²) in [4.78, 5) is 10.7. The minimum absolute atomic E-state index is 0.549. The second-order valence-electron chi connectivity index (χ2n) is 3.27. The van der Waals surface area contributed by atoms with Gasteiger partial charge in [0.1, 0.15) is 17.5 Å². The van der Waals surface area contributed by atoms with Crippen LogP contribution in [0.1, 0.15) is 6.92 Å². The van der Waals surface area contributed by atoms with Gasteiger partial charge in [-0.25, -0.2) is 0 Å². The fraction of sp³-hybridized carbons (Fsp3) is 0.364. The molecule has 0 saturated heterocycles. The number of carbonyl (C=O) groups is 1. The molecule has 1 aromatic carbocycles. The van der Waals surface area contributed by atoms with Crippen LogP contribution < -0.4 is 14.8 Å². The van der Waals surface area contributed by atoms with Gasteiger partial charge in [0.2, 0.25) is 0 Å². The standard InChI is InChI=1S/C11H15NO4/c1-7(11(13)14)12-9-5-4-8(15-2)6-10(9)16-3/h4-7,12H,1-3H3,(H,13,14)/t7-/m0/s1. The molecular formula is C11H15NO4. The molecule has 0 fully saturated rings. The first-order valence-corrected chi connectivity index (χ1v) is 4.80. The van der Waals surface area contributed by atoms with Crippen molar-refractivity contribution in [2.45, 2.75) is 13.0 Å². The normalized spacial score (nSPS) is 11.7. The van der Waals surface area contributed by atoms with Gasteiger partial charge in [-0.05, 0) is 19.1 Å². The number of nitrogens with one attached hydrogen (secondary N) is 1. The Morgan fingerprint density at radius 2 is 2.06 bits per heavy atom. The van der Waals surface area contributed by atoms with Gasteiger partial charge in [0, 0.05) is 6.07 Å². The Morgan fingerprint density at radius 1 is 1.38 bits per heavy atom. The lowest BCUT2D eigenvalue weighted by atomic mass is 10.2. The SMILES string of the molecule is COc1ccc(N[C@@H](C)C(=O)O)c(OC)c1. The Labute approximate surface area is 94.0 Å². The van der Waals surface area contributed by atoms with Crippen LogP contribution in [0.25, 0.3) is 0 Å². The highest BCUT2D eigenvalue weighted by molar-refractivity contribution is 5.77. The Kier molecular flexibility index (Phi) is 3.99. The van der Waals surface area contributed by atoms with Crippen molar-refractivity contribution >= 4 is 11.7 Å². The number of rotatable bonds is 5. The van der Waals surface area contributed by atoms with Crippen LogP contribution in [-0.2, 0) is 4.79 Å². The number of hydrogen-bond acceptors (Lipinski definition) is 4. The largest absolute Gasteiger partial charge is 0.497 e. The van der Waals surface area contributed by atoms with Crippen molar-refractivity contribution in [1.29, 1.82) is 0 Å². The second kappa shape index (κ2) is 5.25. The quantitative estimate of drug-likeness (QED) is 0.796. The number of methoxy groups -OCH3 is 2. The van der Waals surface area contributed by atoms with Crippen molar-refractivity contribution in [1.82, 2.24) is 0 Å². The minimum Gasteiger partial charge on any atom is -0.497 e. The first-order valence-electron chi connectivity index (χ1n) is 4.80. The molecule has 16 heavy (non-hydrogen) atoms. The molecule has 0 unspecified atom stereocenters. The Bertz CT molecular complexity index is 378. The van der Waals surface area contributed by atoms with E-state index in [1.165, 1.54) is 7.11 Å². The van der Waals surface area contributed by atoms with E-state index in [2.05, 4.69) is 5.32 Å². The lowest BCUT2D eigenvalue weighted by molar-refractivity contribution is -0.137. The maximum atomic E-state index is 10.7. The molecule has 1 aromatic rings. The molecule has 0 aromatic heterocycles. The van der Waals surface area contributed by atoms with E-state index in [0.29, 0.717) is 17.2 Å². The average Bonchev–Trinajstić information content (AvgIpc) is 2.29. The lowest BCUT2D eigenvalue weighted by Gasteiger charge is -2.14. The highest BCUT2D eigenvalue weighted by Gasteiger charge is 2.13. The number of anilines is 1. The second-order valence-corrected chi connectivity index (χ2v) is 3.27. The zero-order chi connectivity index (χ0) is 12.1. The van der Waals surface area contributed by atoms with Gasteiger partial charge in [0.15, 0.2) is 0 Å². The molecule has 0 spiro atoms. The third kappa shape index (κ3) is 2.79. The summed E-state index contributed by atoms with van der Waals surface area (Å²) in [5.74, 6) is 0.288. The average molecular weight is 225 g/mol. The van der Waals surface area contributed by atoms with Crippen molar-refractivity contribution in [3.63, 3.8) is 0 Å². The molecule has 0 aliphatic carbocycles. The van der Waals surface area contributed by atoms with E-state index in [0.717, 1.165) is 0 Å². The maximum absolute atomic E-state index is 10.7. The van der Waals surface area contributed by atoms with Gasteiger partial charge in [-0.1, -0.05) is 0 Å². The number of carboxylic acids is 1. The zero-order valence-corrected chi connectivity index (χ0v) is 9.48. The van der Waals surface area contributed by atoms with Crippen LogP contribution in [0.5, 0.6) is 11.5 Å².